The molecule has 3 aliphatic rings. The second-order valence-corrected chi connectivity index (χ2v) is 10.2. The van der Waals surface area contributed by atoms with Gasteiger partial charge in [0.15, 0.2) is 11.6 Å². The number of piperazine rings is 1. The molecule has 9 heteroatoms. The van der Waals surface area contributed by atoms with Crippen LogP contribution in [0.1, 0.15) is 25.8 Å². The van der Waals surface area contributed by atoms with Crippen molar-refractivity contribution in [3.63, 3.8) is 0 Å². The van der Waals surface area contributed by atoms with Crippen LogP contribution in [0.25, 0.3) is 0 Å². The maximum atomic E-state index is 14.6. The number of fused-ring (bicyclic) bond motifs is 2. The summed E-state index contributed by atoms with van der Waals surface area (Å²) < 4.78 is 14.6. The molecular weight excluding hydrogens is 445 g/mol. The summed E-state index contributed by atoms with van der Waals surface area (Å²) >= 11 is 0. The summed E-state index contributed by atoms with van der Waals surface area (Å²) in [7, 11) is 0. The van der Waals surface area contributed by atoms with E-state index in [1.165, 1.54) is 5.69 Å². The Morgan fingerprint density at radius 3 is 2.60 bits per heavy atom. The van der Waals surface area contributed by atoms with Gasteiger partial charge in [0.2, 0.25) is 11.9 Å². The highest BCUT2D eigenvalue weighted by atomic mass is 19.1. The largest absolute Gasteiger partial charge is 0.369 e. The summed E-state index contributed by atoms with van der Waals surface area (Å²) in [5, 5.41) is 6.34. The maximum absolute atomic E-state index is 14.6. The van der Waals surface area contributed by atoms with Gasteiger partial charge < -0.3 is 21.3 Å². The van der Waals surface area contributed by atoms with Crippen molar-refractivity contribution in [2.75, 3.05) is 41.7 Å². The van der Waals surface area contributed by atoms with E-state index >= 15 is 0 Å². The van der Waals surface area contributed by atoms with Gasteiger partial charge in [0.05, 0.1) is 12.1 Å². The number of primary amides is 1. The number of carbonyl (C=O) groups excluding carboxylic acids is 1. The highest BCUT2D eigenvalue weighted by Crippen LogP contribution is 2.45. The molecule has 35 heavy (non-hydrogen) atoms. The number of allylic oxidation sites excluding steroid dienone is 1. The number of halogens is 1. The predicted molar refractivity (Wildman–Crippen MR) is 136 cm³/mol. The number of nitrogens with two attached hydrogens (primary N) is 1. The summed E-state index contributed by atoms with van der Waals surface area (Å²) in [6, 6.07) is 6.48. The van der Waals surface area contributed by atoms with E-state index in [9.17, 15) is 9.18 Å². The van der Waals surface area contributed by atoms with Gasteiger partial charge in [-0.15, -0.1) is 0 Å². The average molecular weight is 480 g/mol. The van der Waals surface area contributed by atoms with Crippen LogP contribution in [-0.2, 0) is 4.79 Å². The molecule has 1 aliphatic heterocycles. The maximum Gasteiger partial charge on any atom is 0.229 e. The van der Waals surface area contributed by atoms with Gasteiger partial charge in [-0.25, -0.2) is 9.37 Å². The van der Waals surface area contributed by atoms with E-state index in [2.05, 4.69) is 69.4 Å². The Labute approximate surface area is 205 Å². The van der Waals surface area contributed by atoms with E-state index in [1.807, 2.05) is 12.1 Å². The van der Waals surface area contributed by atoms with Gasteiger partial charge in [-0.3, -0.25) is 9.69 Å². The van der Waals surface area contributed by atoms with Crippen LogP contribution in [0, 0.1) is 30.5 Å². The lowest BCUT2D eigenvalue weighted by Crippen LogP contribution is -2.49. The second kappa shape index (κ2) is 9.45. The minimum Gasteiger partial charge on any atom is -0.369 e. The fourth-order valence-electron chi connectivity index (χ4n) is 5.79. The number of aryl methyl sites for hydroxylation is 1. The summed E-state index contributed by atoms with van der Waals surface area (Å²) in [5.74, 6) is -0.676. The summed E-state index contributed by atoms with van der Waals surface area (Å²) in [6.45, 7) is 10.7. The lowest BCUT2D eigenvalue weighted by Gasteiger charge is -2.38. The number of benzene rings is 1. The zero-order valence-electron chi connectivity index (χ0n) is 20.5. The number of anilines is 4. The molecule has 1 saturated heterocycles. The summed E-state index contributed by atoms with van der Waals surface area (Å²) in [6.07, 6.45) is 6.11. The number of nitrogens with one attached hydrogen (secondary N) is 2. The van der Waals surface area contributed by atoms with Gasteiger partial charge >= 0.3 is 0 Å². The highest BCUT2D eigenvalue weighted by molar-refractivity contribution is 5.79. The number of amides is 1. The van der Waals surface area contributed by atoms with Crippen molar-refractivity contribution in [1.29, 1.82) is 0 Å². The molecule has 2 bridgehead atoms. The van der Waals surface area contributed by atoms with E-state index in [-0.39, 0.29) is 35.5 Å². The number of carbonyl (C=O) groups is 1. The Morgan fingerprint density at radius 1 is 1.17 bits per heavy atom. The van der Waals surface area contributed by atoms with Gasteiger partial charge in [-0.1, -0.05) is 12.2 Å². The van der Waals surface area contributed by atoms with Crippen LogP contribution in [0.4, 0.5) is 27.5 Å². The first kappa shape index (κ1) is 23.5. The zero-order chi connectivity index (χ0) is 24.7. The molecule has 0 radical (unpaired) electrons. The van der Waals surface area contributed by atoms with Crippen LogP contribution in [0.3, 0.4) is 0 Å². The Kier molecular flexibility index (Phi) is 6.35. The molecule has 4 N–H and O–H groups in total. The molecule has 186 valence electrons. The standard InChI is InChI=1S/C26H34FN7O/c1-15(2)33-8-10-34(11-9-33)21-7-6-19(12-16(21)3)30-26-29-14-20(27)25(32-26)31-23-18-5-4-17(13-18)22(23)24(28)35/h4-7,12,14-15,17-18,22-23H,8-11,13H2,1-3H3,(H2,28,35)(H2,29,30,31,32). The topological polar surface area (TPSA) is 99.4 Å². The van der Waals surface area contributed by atoms with E-state index in [4.69, 9.17) is 5.73 Å². The minimum absolute atomic E-state index is 0.0797. The normalized spacial score (nSPS) is 25.9. The minimum atomic E-state index is -0.558. The smallest absolute Gasteiger partial charge is 0.229 e. The Morgan fingerprint density at radius 2 is 1.91 bits per heavy atom. The lowest BCUT2D eigenvalue weighted by molar-refractivity contribution is -0.122. The Hall–Kier alpha value is -3.20. The lowest BCUT2D eigenvalue weighted by atomic mass is 9.88. The molecule has 2 aliphatic carbocycles. The molecule has 5 rings (SSSR count). The number of nitrogens with zero attached hydrogens (tertiary/aromatic N) is 4. The van der Waals surface area contributed by atoms with E-state index in [1.54, 1.807) is 0 Å². The average Bonchev–Trinajstić information content (AvgIpc) is 3.43. The first-order chi connectivity index (χ1) is 16.8. The van der Waals surface area contributed by atoms with Gasteiger partial charge in [-0.05, 0) is 62.8 Å². The van der Waals surface area contributed by atoms with Crippen molar-refractivity contribution >= 4 is 29.0 Å². The molecule has 1 aromatic carbocycles. The molecule has 4 unspecified atom stereocenters. The van der Waals surface area contributed by atoms with Crippen LogP contribution >= 0.6 is 0 Å². The van der Waals surface area contributed by atoms with E-state index in [0.29, 0.717) is 12.0 Å². The summed E-state index contributed by atoms with van der Waals surface area (Å²) in [5.41, 5.74) is 8.86. The van der Waals surface area contributed by atoms with Crippen molar-refractivity contribution in [3.8, 4) is 0 Å². The third kappa shape index (κ3) is 4.69. The number of hydrogen-bond acceptors (Lipinski definition) is 7. The molecule has 1 aromatic heterocycles. The first-order valence-electron chi connectivity index (χ1n) is 12.4. The monoisotopic (exact) mass is 479 g/mol. The van der Waals surface area contributed by atoms with E-state index < -0.39 is 5.82 Å². The van der Waals surface area contributed by atoms with E-state index in [0.717, 1.165) is 50.0 Å². The third-order valence-electron chi connectivity index (χ3n) is 7.67. The first-order valence-corrected chi connectivity index (χ1v) is 12.4. The van der Waals surface area contributed by atoms with Crippen LogP contribution in [0.2, 0.25) is 0 Å². The fourth-order valence-corrected chi connectivity index (χ4v) is 5.79. The van der Waals surface area contributed by atoms with Crippen LogP contribution in [0.5, 0.6) is 0 Å². The van der Waals surface area contributed by atoms with Gasteiger partial charge in [0, 0.05) is 49.6 Å². The van der Waals surface area contributed by atoms with Crippen molar-refractivity contribution in [2.24, 2.45) is 23.5 Å². The van der Waals surface area contributed by atoms with Crippen molar-refractivity contribution in [1.82, 2.24) is 14.9 Å². The molecule has 1 amide bonds. The number of aromatic nitrogens is 2. The van der Waals surface area contributed by atoms with Gasteiger partial charge in [0.1, 0.15) is 0 Å². The van der Waals surface area contributed by atoms with Gasteiger partial charge in [-0.2, -0.15) is 4.98 Å². The molecule has 2 fully saturated rings. The third-order valence-corrected chi connectivity index (χ3v) is 7.67. The molecule has 2 aromatic rings. The Balaban J connectivity index is 1.28. The molecule has 8 nitrogen and oxygen atoms in total. The van der Waals surface area contributed by atoms with Crippen LogP contribution in [0.15, 0.2) is 36.5 Å². The van der Waals surface area contributed by atoms with Crippen molar-refractivity contribution < 1.29 is 9.18 Å². The SMILES string of the molecule is Cc1cc(Nc2ncc(F)c(NC3C4C=CC(C4)C3C(N)=O)n2)ccc1N1CCN(C(C)C)CC1. The van der Waals surface area contributed by atoms with Crippen LogP contribution < -0.4 is 21.3 Å². The molecule has 0 spiro atoms. The second-order valence-electron chi connectivity index (χ2n) is 10.2. The highest BCUT2D eigenvalue weighted by Gasteiger charge is 2.47. The Bertz CT molecular complexity index is 1130. The molecule has 2 heterocycles. The number of rotatable bonds is 7. The zero-order valence-corrected chi connectivity index (χ0v) is 20.5. The predicted octanol–water partition coefficient (Wildman–Crippen LogP) is 3.29. The quantitative estimate of drug-likeness (QED) is 0.524. The van der Waals surface area contributed by atoms with Crippen LogP contribution in [-0.4, -0.2) is 59.0 Å². The molecule has 1 saturated carbocycles. The van der Waals surface area contributed by atoms with Crippen molar-refractivity contribution in [2.45, 2.75) is 39.3 Å². The summed E-state index contributed by atoms with van der Waals surface area (Å²) in [4.78, 5) is 25.4. The molecular formula is C26H34FN7O. The van der Waals surface area contributed by atoms with Crippen molar-refractivity contribution in [3.05, 3.63) is 47.9 Å². The molecule has 4 atom stereocenters. The fraction of sp³-hybridized carbons (Fsp3) is 0.500. The van der Waals surface area contributed by atoms with Gasteiger partial charge in [0.25, 0.3) is 0 Å². The number of hydrogen-bond donors (Lipinski definition) is 3.